The molecule has 0 atom stereocenters. The molecule has 1 N–H and O–H groups in total. The van der Waals surface area contributed by atoms with E-state index in [1.54, 1.807) is 25.1 Å². The van der Waals surface area contributed by atoms with E-state index in [9.17, 15) is 4.79 Å². The van der Waals surface area contributed by atoms with Crippen molar-refractivity contribution < 1.29 is 14.3 Å². The average Bonchev–Trinajstić information content (AvgIpc) is 2.96. The first kappa shape index (κ1) is 11.0. The first-order valence-electron chi connectivity index (χ1n) is 5.24. The van der Waals surface area contributed by atoms with E-state index in [1.165, 1.54) is 0 Å². The van der Waals surface area contributed by atoms with Gasteiger partial charge in [-0.05, 0) is 30.6 Å². The minimum absolute atomic E-state index is 0.213. The van der Waals surface area contributed by atoms with Gasteiger partial charge < -0.3 is 14.8 Å². The Kier molecular flexibility index (Phi) is 2.60. The molecule has 1 aliphatic rings. The Morgan fingerprint density at radius 2 is 2.22 bits per heavy atom. The van der Waals surface area contributed by atoms with Crippen LogP contribution in [0.1, 0.15) is 15.4 Å². The standard InChI is InChI=1S/C11H9N3O3S/c1-6-10(18-14-13-6)11(15)12-7-2-3-8-9(4-7)17-5-16-8/h2-4H,5H2,1H3,(H,12,15). The lowest BCUT2D eigenvalue weighted by atomic mass is 10.2. The van der Waals surface area contributed by atoms with E-state index in [4.69, 9.17) is 9.47 Å². The summed E-state index contributed by atoms with van der Waals surface area (Å²) in [5.74, 6) is 1.09. The Labute approximate surface area is 107 Å². The molecule has 0 saturated heterocycles. The Morgan fingerprint density at radius 1 is 1.39 bits per heavy atom. The van der Waals surface area contributed by atoms with Crippen molar-refractivity contribution in [3.05, 3.63) is 28.8 Å². The first-order valence-corrected chi connectivity index (χ1v) is 6.01. The van der Waals surface area contributed by atoms with Crippen molar-refractivity contribution in [3.8, 4) is 11.5 Å². The van der Waals surface area contributed by atoms with Gasteiger partial charge in [-0.15, -0.1) is 5.10 Å². The number of hydrogen-bond donors (Lipinski definition) is 1. The molecular formula is C11H9N3O3S. The molecule has 1 aromatic heterocycles. The maximum atomic E-state index is 11.9. The van der Waals surface area contributed by atoms with Crippen LogP contribution in [0.5, 0.6) is 11.5 Å². The molecule has 1 amide bonds. The van der Waals surface area contributed by atoms with Gasteiger partial charge in [0.15, 0.2) is 11.5 Å². The highest BCUT2D eigenvalue weighted by Crippen LogP contribution is 2.34. The number of carbonyl (C=O) groups excluding carboxylic acids is 1. The molecule has 18 heavy (non-hydrogen) atoms. The molecule has 1 aromatic carbocycles. The number of nitrogens with zero attached hydrogens (tertiary/aromatic N) is 2. The van der Waals surface area contributed by atoms with Gasteiger partial charge in [0.1, 0.15) is 4.88 Å². The van der Waals surface area contributed by atoms with Gasteiger partial charge in [-0.2, -0.15) is 0 Å². The van der Waals surface area contributed by atoms with E-state index in [2.05, 4.69) is 14.9 Å². The fraction of sp³-hybridized carbons (Fsp3) is 0.182. The largest absolute Gasteiger partial charge is 0.454 e. The lowest BCUT2D eigenvalue weighted by Gasteiger charge is -2.04. The molecule has 1 aliphatic heterocycles. The highest BCUT2D eigenvalue weighted by molar-refractivity contribution is 7.08. The van der Waals surface area contributed by atoms with Gasteiger partial charge in [-0.1, -0.05) is 4.49 Å². The van der Waals surface area contributed by atoms with Crippen molar-refractivity contribution in [2.45, 2.75) is 6.92 Å². The number of fused-ring (bicyclic) bond motifs is 1. The molecule has 0 saturated carbocycles. The molecule has 7 heteroatoms. The SMILES string of the molecule is Cc1nnsc1C(=O)Nc1ccc2c(c1)OCO2. The summed E-state index contributed by atoms with van der Waals surface area (Å²) < 4.78 is 14.2. The van der Waals surface area contributed by atoms with Crippen LogP contribution in [0, 0.1) is 6.92 Å². The minimum Gasteiger partial charge on any atom is -0.454 e. The summed E-state index contributed by atoms with van der Waals surface area (Å²) >= 11 is 1.07. The van der Waals surface area contributed by atoms with Gasteiger partial charge >= 0.3 is 0 Å². The zero-order valence-corrected chi connectivity index (χ0v) is 10.3. The van der Waals surface area contributed by atoms with Gasteiger partial charge in [0.05, 0.1) is 5.69 Å². The van der Waals surface area contributed by atoms with Gasteiger partial charge in [0, 0.05) is 11.8 Å². The second-order valence-electron chi connectivity index (χ2n) is 3.71. The predicted octanol–water partition coefficient (Wildman–Crippen LogP) is 1.83. The van der Waals surface area contributed by atoms with E-state index >= 15 is 0 Å². The summed E-state index contributed by atoms with van der Waals surface area (Å²) in [7, 11) is 0. The normalized spacial score (nSPS) is 12.5. The molecule has 6 nitrogen and oxygen atoms in total. The van der Waals surface area contributed by atoms with Gasteiger partial charge in [-0.3, -0.25) is 4.79 Å². The topological polar surface area (TPSA) is 73.3 Å². The average molecular weight is 263 g/mol. The van der Waals surface area contributed by atoms with E-state index in [0.29, 0.717) is 27.8 Å². The zero-order chi connectivity index (χ0) is 12.5. The Bertz CT molecular complexity index is 611. The van der Waals surface area contributed by atoms with Crippen LogP contribution < -0.4 is 14.8 Å². The Hall–Kier alpha value is -2.15. The van der Waals surface area contributed by atoms with Gasteiger partial charge in [-0.25, -0.2) is 0 Å². The second-order valence-corrected chi connectivity index (χ2v) is 4.46. The third kappa shape index (κ3) is 1.88. The fourth-order valence-electron chi connectivity index (χ4n) is 1.60. The van der Waals surface area contributed by atoms with Crippen molar-refractivity contribution >= 4 is 23.1 Å². The minimum atomic E-state index is -0.221. The number of hydrogen-bond acceptors (Lipinski definition) is 6. The van der Waals surface area contributed by atoms with Crippen molar-refractivity contribution in [2.75, 3.05) is 12.1 Å². The number of amides is 1. The van der Waals surface area contributed by atoms with Crippen LogP contribution >= 0.6 is 11.5 Å². The summed E-state index contributed by atoms with van der Waals surface area (Å²) in [4.78, 5) is 12.5. The number of anilines is 1. The molecule has 0 spiro atoms. The highest BCUT2D eigenvalue weighted by Gasteiger charge is 2.16. The lowest BCUT2D eigenvalue weighted by Crippen LogP contribution is -2.11. The molecule has 3 rings (SSSR count). The smallest absolute Gasteiger partial charge is 0.269 e. The molecular weight excluding hydrogens is 254 g/mol. The summed E-state index contributed by atoms with van der Waals surface area (Å²) in [6, 6.07) is 5.25. The molecule has 0 unspecified atom stereocenters. The number of nitrogens with one attached hydrogen (secondary N) is 1. The third-order valence-corrected chi connectivity index (χ3v) is 3.31. The number of rotatable bonds is 2. The van der Waals surface area contributed by atoms with E-state index in [0.717, 1.165) is 11.5 Å². The molecule has 92 valence electrons. The lowest BCUT2D eigenvalue weighted by molar-refractivity contribution is 0.103. The molecule has 0 aliphatic carbocycles. The van der Waals surface area contributed by atoms with Crippen LogP contribution in [0.3, 0.4) is 0 Å². The molecule has 0 bridgehead atoms. The van der Waals surface area contributed by atoms with Crippen LogP contribution in [0.15, 0.2) is 18.2 Å². The number of aromatic nitrogens is 2. The summed E-state index contributed by atoms with van der Waals surface area (Å²) in [6.45, 7) is 1.96. The van der Waals surface area contributed by atoms with Crippen molar-refractivity contribution in [1.29, 1.82) is 0 Å². The second kappa shape index (κ2) is 4.26. The Morgan fingerprint density at radius 3 is 3.00 bits per heavy atom. The quantitative estimate of drug-likeness (QED) is 0.894. The van der Waals surface area contributed by atoms with E-state index < -0.39 is 0 Å². The van der Waals surface area contributed by atoms with Crippen molar-refractivity contribution in [1.82, 2.24) is 9.59 Å². The van der Waals surface area contributed by atoms with Crippen LogP contribution in [-0.2, 0) is 0 Å². The van der Waals surface area contributed by atoms with Gasteiger partial charge in [0.2, 0.25) is 6.79 Å². The van der Waals surface area contributed by atoms with Crippen molar-refractivity contribution in [2.24, 2.45) is 0 Å². The van der Waals surface area contributed by atoms with Crippen LogP contribution in [0.25, 0.3) is 0 Å². The van der Waals surface area contributed by atoms with Gasteiger partial charge in [0.25, 0.3) is 5.91 Å². The number of carbonyl (C=O) groups is 1. The summed E-state index contributed by atoms with van der Waals surface area (Å²) in [6.07, 6.45) is 0. The summed E-state index contributed by atoms with van der Waals surface area (Å²) in [5, 5.41) is 6.57. The van der Waals surface area contributed by atoms with Crippen LogP contribution in [-0.4, -0.2) is 22.3 Å². The Balaban J connectivity index is 1.81. The number of ether oxygens (including phenoxy) is 2. The summed E-state index contributed by atoms with van der Waals surface area (Å²) in [5.41, 5.74) is 1.27. The maximum absolute atomic E-state index is 11.9. The predicted molar refractivity (Wildman–Crippen MR) is 65.2 cm³/mol. The van der Waals surface area contributed by atoms with Crippen molar-refractivity contribution in [3.63, 3.8) is 0 Å². The first-order chi connectivity index (χ1) is 8.74. The third-order valence-electron chi connectivity index (χ3n) is 2.49. The number of benzene rings is 1. The fourth-order valence-corrected chi connectivity index (χ4v) is 2.15. The number of aryl methyl sites for hydroxylation is 1. The zero-order valence-electron chi connectivity index (χ0n) is 9.47. The molecule has 2 aromatic rings. The maximum Gasteiger partial charge on any atom is 0.269 e. The van der Waals surface area contributed by atoms with E-state index in [-0.39, 0.29) is 12.7 Å². The molecule has 2 heterocycles. The highest BCUT2D eigenvalue weighted by atomic mass is 32.1. The monoisotopic (exact) mass is 263 g/mol. The van der Waals surface area contributed by atoms with E-state index in [1.807, 2.05) is 0 Å². The van der Waals surface area contributed by atoms with Crippen LogP contribution in [0.4, 0.5) is 5.69 Å². The van der Waals surface area contributed by atoms with Crippen LogP contribution in [0.2, 0.25) is 0 Å². The molecule has 0 radical (unpaired) electrons. The molecule has 0 fully saturated rings.